The Kier molecular flexibility index (Phi) is 3.48. The van der Waals surface area contributed by atoms with Gasteiger partial charge in [0, 0.05) is 38.2 Å². The summed E-state index contributed by atoms with van der Waals surface area (Å²) < 4.78 is 0. The van der Waals surface area contributed by atoms with E-state index >= 15 is 0 Å². The second kappa shape index (κ2) is 5.43. The number of aromatic nitrogens is 1. The fourth-order valence-corrected chi connectivity index (χ4v) is 2.65. The number of nitrogens with zero attached hydrogens (tertiary/aromatic N) is 2. The minimum Gasteiger partial charge on any atom is -0.315 e. The number of hydrogen-bond donors (Lipinski definition) is 1. The van der Waals surface area contributed by atoms with E-state index in [9.17, 15) is 4.79 Å². The van der Waals surface area contributed by atoms with Crippen LogP contribution in [0, 0.1) is 0 Å². The van der Waals surface area contributed by atoms with Crippen molar-refractivity contribution in [3.63, 3.8) is 0 Å². The molecule has 0 saturated carbocycles. The Bertz CT molecular complexity index is 612. The van der Waals surface area contributed by atoms with Gasteiger partial charge in [-0.05, 0) is 23.3 Å². The van der Waals surface area contributed by atoms with Gasteiger partial charge >= 0.3 is 0 Å². The van der Waals surface area contributed by atoms with Gasteiger partial charge in [-0.1, -0.05) is 24.3 Å². The van der Waals surface area contributed by atoms with Crippen LogP contribution in [0.25, 0.3) is 0 Å². The third kappa shape index (κ3) is 2.30. The minimum absolute atomic E-state index is 0.107. The Morgan fingerprint density at radius 1 is 1.25 bits per heavy atom. The predicted octanol–water partition coefficient (Wildman–Crippen LogP) is 1.93. The molecule has 1 N–H and O–H groups in total. The normalized spacial score (nSPS) is 17.4. The molecule has 0 bridgehead atoms. The van der Waals surface area contributed by atoms with E-state index in [2.05, 4.69) is 22.4 Å². The van der Waals surface area contributed by atoms with Gasteiger partial charge in [-0.25, -0.2) is 0 Å². The number of anilines is 1. The van der Waals surface area contributed by atoms with Crippen molar-refractivity contribution in [2.75, 3.05) is 18.5 Å². The maximum atomic E-state index is 12.7. The molecule has 4 heteroatoms. The van der Waals surface area contributed by atoms with Crippen LogP contribution in [0.3, 0.4) is 0 Å². The third-order valence-electron chi connectivity index (χ3n) is 3.77. The molecule has 1 atom stereocenters. The van der Waals surface area contributed by atoms with Gasteiger partial charge in [0.1, 0.15) is 0 Å². The number of carbonyl (C=O) groups is 1. The molecule has 0 saturated heterocycles. The Morgan fingerprint density at radius 2 is 2.00 bits per heavy atom. The number of amides is 1. The molecule has 1 aromatic heterocycles. The summed E-state index contributed by atoms with van der Waals surface area (Å²) >= 11 is 0. The summed E-state index contributed by atoms with van der Waals surface area (Å²) in [4.78, 5) is 18.4. The molecule has 1 unspecified atom stereocenters. The molecule has 2 aromatic rings. The van der Waals surface area contributed by atoms with Gasteiger partial charge in [0.2, 0.25) is 5.91 Å². The highest BCUT2D eigenvalue weighted by atomic mass is 16.2. The van der Waals surface area contributed by atoms with Gasteiger partial charge in [-0.3, -0.25) is 9.78 Å². The van der Waals surface area contributed by atoms with E-state index in [4.69, 9.17) is 0 Å². The van der Waals surface area contributed by atoms with Crippen molar-refractivity contribution in [1.29, 1.82) is 0 Å². The molecule has 0 spiro atoms. The molecule has 102 valence electrons. The SMILES string of the molecule is CN(C(=O)C1CNCc2ccccc21)c1ccncc1. The molecule has 0 aliphatic carbocycles. The van der Waals surface area contributed by atoms with Gasteiger partial charge in [-0.2, -0.15) is 0 Å². The van der Waals surface area contributed by atoms with Crippen molar-refractivity contribution >= 4 is 11.6 Å². The maximum Gasteiger partial charge on any atom is 0.235 e. The number of fused-ring (bicyclic) bond motifs is 1. The highest BCUT2D eigenvalue weighted by molar-refractivity contribution is 5.98. The Morgan fingerprint density at radius 3 is 2.80 bits per heavy atom. The van der Waals surface area contributed by atoms with E-state index in [-0.39, 0.29) is 11.8 Å². The predicted molar refractivity (Wildman–Crippen MR) is 78.5 cm³/mol. The molecular formula is C16H17N3O. The summed E-state index contributed by atoms with van der Waals surface area (Å²) in [6, 6.07) is 11.8. The minimum atomic E-state index is -0.127. The molecule has 1 amide bonds. The van der Waals surface area contributed by atoms with Crippen molar-refractivity contribution in [3.05, 3.63) is 59.9 Å². The Balaban J connectivity index is 1.89. The number of pyridine rings is 1. The number of nitrogens with one attached hydrogen (secondary N) is 1. The molecule has 3 rings (SSSR count). The van der Waals surface area contributed by atoms with Crippen LogP contribution in [-0.4, -0.2) is 24.5 Å². The molecule has 0 fully saturated rings. The number of likely N-dealkylation sites (N-methyl/N-ethyl adjacent to an activating group) is 1. The van der Waals surface area contributed by atoms with Gasteiger partial charge < -0.3 is 10.2 Å². The zero-order chi connectivity index (χ0) is 13.9. The smallest absolute Gasteiger partial charge is 0.235 e. The Labute approximate surface area is 118 Å². The second-order valence-corrected chi connectivity index (χ2v) is 4.98. The fraction of sp³-hybridized carbons (Fsp3) is 0.250. The second-order valence-electron chi connectivity index (χ2n) is 4.98. The number of rotatable bonds is 2. The molecule has 1 aliphatic rings. The molecule has 0 radical (unpaired) electrons. The third-order valence-corrected chi connectivity index (χ3v) is 3.77. The molecule has 2 heterocycles. The van der Waals surface area contributed by atoms with E-state index in [1.807, 2.05) is 31.3 Å². The van der Waals surface area contributed by atoms with E-state index < -0.39 is 0 Å². The summed E-state index contributed by atoms with van der Waals surface area (Å²) in [5.41, 5.74) is 3.21. The van der Waals surface area contributed by atoms with Crippen molar-refractivity contribution in [1.82, 2.24) is 10.3 Å². The van der Waals surface area contributed by atoms with Crippen LogP contribution in [0.1, 0.15) is 17.0 Å². The van der Waals surface area contributed by atoms with Crippen LogP contribution in [0.15, 0.2) is 48.8 Å². The van der Waals surface area contributed by atoms with Crippen molar-refractivity contribution in [2.24, 2.45) is 0 Å². The summed E-state index contributed by atoms with van der Waals surface area (Å²) in [6.07, 6.45) is 3.40. The zero-order valence-corrected chi connectivity index (χ0v) is 11.4. The monoisotopic (exact) mass is 267 g/mol. The lowest BCUT2D eigenvalue weighted by Crippen LogP contribution is -2.39. The molecule has 1 aliphatic heterocycles. The fourth-order valence-electron chi connectivity index (χ4n) is 2.65. The van der Waals surface area contributed by atoms with Crippen LogP contribution < -0.4 is 10.2 Å². The molecule has 4 nitrogen and oxygen atoms in total. The van der Waals surface area contributed by atoms with Gasteiger partial charge in [0.05, 0.1) is 5.92 Å². The Hall–Kier alpha value is -2.20. The number of carbonyl (C=O) groups excluding carboxylic acids is 1. The lowest BCUT2D eigenvalue weighted by atomic mass is 9.90. The first kappa shape index (κ1) is 12.8. The van der Waals surface area contributed by atoms with Crippen LogP contribution in [0.4, 0.5) is 5.69 Å². The van der Waals surface area contributed by atoms with Crippen molar-refractivity contribution in [2.45, 2.75) is 12.5 Å². The van der Waals surface area contributed by atoms with E-state index in [1.165, 1.54) is 5.56 Å². The lowest BCUT2D eigenvalue weighted by Gasteiger charge is -2.29. The number of benzene rings is 1. The van der Waals surface area contributed by atoms with Crippen molar-refractivity contribution < 1.29 is 4.79 Å². The van der Waals surface area contributed by atoms with E-state index in [1.54, 1.807) is 17.3 Å². The topological polar surface area (TPSA) is 45.2 Å². The first-order chi connectivity index (χ1) is 9.77. The molecule has 1 aromatic carbocycles. The first-order valence-corrected chi connectivity index (χ1v) is 6.73. The summed E-state index contributed by atoms with van der Waals surface area (Å²) in [7, 11) is 1.81. The van der Waals surface area contributed by atoms with Crippen LogP contribution in [0.2, 0.25) is 0 Å². The maximum absolute atomic E-state index is 12.7. The largest absolute Gasteiger partial charge is 0.315 e. The average Bonchev–Trinajstić information content (AvgIpc) is 2.54. The van der Waals surface area contributed by atoms with Gasteiger partial charge in [0.25, 0.3) is 0 Å². The standard InChI is InChI=1S/C16H17N3O/c1-19(13-6-8-17-9-7-13)16(20)15-11-18-10-12-4-2-3-5-14(12)15/h2-9,15,18H,10-11H2,1H3. The van der Waals surface area contributed by atoms with Crippen LogP contribution in [-0.2, 0) is 11.3 Å². The number of hydrogen-bond acceptors (Lipinski definition) is 3. The summed E-state index contributed by atoms with van der Waals surface area (Å²) in [5, 5.41) is 3.32. The van der Waals surface area contributed by atoms with E-state index in [0.29, 0.717) is 6.54 Å². The quantitative estimate of drug-likeness (QED) is 0.904. The highest BCUT2D eigenvalue weighted by Gasteiger charge is 2.28. The zero-order valence-electron chi connectivity index (χ0n) is 11.4. The highest BCUT2D eigenvalue weighted by Crippen LogP contribution is 2.26. The van der Waals surface area contributed by atoms with Crippen molar-refractivity contribution in [3.8, 4) is 0 Å². The summed E-state index contributed by atoms with van der Waals surface area (Å²) in [6.45, 7) is 1.52. The van der Waals surface area contributed by atoms with Gasteiger partial charge in [-0.15, -0.1) is 0 Å². The van der Waals surface area contributed by atoms with E-state index in [0.717, 1.165) is 17.8 Å². The molecule has 20 heavy (non-hydrogen) atoms. The molecular weight excluding hydrogens is 250 g/mol. The lowest BCUT2D eigenvalue weighted by molar-refractivity contribution is -0.119. The summed E-state index contributed by atoms with van der Waals surface area (Å²) in [5.74, 6) is -0.0195. The van der Waals surface area contributed by atoms with Crippen LogP contribution >= 0.6 is 0 Å². The van der Waals surface area contributed by atoms with Gasteiger partial charge in [0.15, 0.2) is 0 Å². The average molecular weight is 267 g/mol. The first-order valence-electron chi connectivity index (χ1n) is 6.73. The van der Waals surface area contributed by atoms with Crippen LogP contribution in [0.5, 0.6) is 0 Å².